The molecule has 0 radical (unpaired) electrons. The average Bonchev–Trinajstić information content (AvgIpc) is 2.39. The Kier molecular flexibility index (Phi) is 3.59. The molecule has 1 atom stereocenters. The highest BCUT2D eigenvalue weighted by Crippen LogP contribution is 2.18. The molecule has 1 aromatic carbocycles. The van der Waals surface area contributed by atoms with Gasteiger partial charge in [0.1, 0.15) is 0 Å². The predicted molar refractivity (Wildman–Crippen MR) is 65.9 cm³/mol. The van der Waals surface area contributed by atoms with Gasteiger partial charge < -0.3 is 15.3 Å². The van der Waals surface area contributed by atoms with Gasteiger partial charge in [-0.2, -0.15) is 0 Å². The molecule has 2 N–H and O–H groups in total. The lowest BCUT2D eigenvalue weighted by Gasteiger charge is -2.35. The van der Waals surface area contributed by atoms with Crippen molar-refractivity contribution >= 4 is 5.70 Å². The summed E-state index contributed by atoms with van der Waals surface area (Å²) in [5, 5.41) is 12.4. The second-order valence-electron chi connectivity index (χ2n) is 4.09. The van der Waals surface area contributed by atoms with Crippen LogP contribution >= 0.6 is 0 Å². The second-order valence-corrected chi connectivity index (χ2v) is 4.09. The van der Waals surface area contributed by atoms with Gasteiger partial charge in [-0.1, -0.05) is 36.9 Å². The van der Waals surface area contributed by atoms with Gasteiger partial charge in [-0.05, 0) is 5.56 Å². The van der Waals surface area contributed by atoms with Gasteiger partial charge in [0.25, 0.3) is 0 Å². The van der Waals surface area contributed by atoms with Gasteiger partial charge in [-0.3, -0.25) is 0 Å². The number of piperazine rings is 1. The van der Waals surface area contributed by atoms with Crippen LogP contribution in [0.3, 0.4) is 0 Å². The van der Waals surface area contributed by atoms with Gasteiger partial charge in [0.05, 0.1) is 6.61 Å². The van der Waals surface area contributed by atoms with Gasteiger partial charge in [-0.15, -0.1) is 0 Å². The van der Waals surface area contributed by atoms with Crippen LogP contribution in [0, 0.1) is 0 Å². The number of hydrogen-bond acceptors (Lipinski definition) is 3. The Labute approximate surface area is 96.4 Å². The molecule has 0 spiro atoms. The summed E-state index contributed by atoms with van der Waals surface area (Å²) in [5.41, 5.74) is 2.20. The summed E-state index contributed by atoms with van der Waals surface area (Å²) in [4.78, 5) is 2.23. The quantitative estimate of drug-likeness (QED) is 0.792. The van der Waals surface area contributed by atoms with Crippen molar-refractivity contribution in [1.29, 1.82) is 0 Å². The Morgan fingerprint density at radius 2 is 2.19 bits per heavy atom. The Morgan fingerprint density at radius 3 is 2.88 bits per heavy atom. The summed E-state index contributed by atoms with van der Waals surface area (Å²) >= 11 is 0. The lowest BCUT2D eigenvalue weighted by molar-refractivity contribution is 0.186. The van der Waals surface area contributed by atoms with Crippen LogP contribution in [-0.2, 0) is 0 Å². The maximum atomic E-state index is 9.14. The molecule has 3 nitrogen and oxygen atoms in total. The third kappa shape index (κ3) is 2.43. The van der Waals surface area contributed by atoms with E-state index in [0.717, 1.165) is 30.9 Å². The SMILES string of the molecule is C=C(c1ccccc1)N1CCNC(CO)C1. The predicted octanol–water partition coefficient (Wildman–Crippen LogP) is 0.923. The third-order valence-corrected chi connectivity index (χ3v) is 2.96. The van der Waals surface area contributed by atoms with Gasteiger partial charge in [0, 0.05) is 31.4 Å². The number of rotatable bonds is 3. The molecule has 16 heavy (non-hydrogen) atoms. The molecule has 3 heteroatoms. The first-order valence-corrected chi connectivity index (χ1v) is 5.65. The van der Waals surface area contributed by atoms with Crippen molar-refractivity contribution in [2.45, 2.75) is 6.04 Å². The summed E-state index contributed by atoms with van der Waals surface area (Å²) in [5.74, 6) is 0. The summed E-state index contributed by atoms with van der Waals surface area (Å²) in [6.07, 6.45) is 0. The van der Waals surface area contributed by atoms with Gasteiger partial charge in [-0.25, -0.2) is 0 Å². The van der Waals surface area contributed by atoms with Gasteiger partial charge in [0.15, 0.2) is 0 Å². The van der Waals surface area contributed by atoms with Crippen LogP contribution in [0.15, 0.2) is 36.9 Å². The maximum Gasteiger partial charge on any atom is 0.0601 e. The zero-order chi connectivity index (χ0) is 11.4. The number of benzene rings is 1. The minimum absolute atomic E-state index is 0.161. The van der Waals surface area contributed by atoms with Crippen LogP contribution < -0.4 is 5.32 Å². The Balaban J connectivity index is 2.05. The van der Waals surface area contributed by atoms with Crippen LogP contribution in [0.2, 0.25) is 0 Å². The summed E-state index contributed by atoms with van der Waals surface area (Å²) in [6, 6.07) is 10.3. The molecule has 1 aliphatic rings. The first kappa shape index (κ1) is 11.2. The molecule has 1 aromatic rings. The topological polar surface area (TPSA) is 35.5 Å². The summed E-state index contributed by atoms with van der Waals surface area (Å²) < 4.78 is 0. The zero-order valence-corrected chi connectivity index (χ0v) is 9.39. The van der Waals surface area contributed by atoms with E-state index in [0.29, 0.717) is 0 Å². The van der Waals surface area contributed by atoms with Crippen molar-refractivity contribution in [3.63, 3.8) is 0 Å². The third-order valence-electron chi connectivity index (χ3n) is 2.96. The molecule has 86 valence electrons. The van der Waals surface area contributed by atoms with Crippen LogP contribution in [0.25, 0.3) is 5.70 Å². The van der Waals surface area contributed by atoms with Crippen molar-refractivity contribution in [3.8, 4) is 0 Å². The highest BCUT2D eigenvalue weighted by atomic mass is 16.3. The molecule has 1 aliphatic heterocycles. The van der Waals surface area contributed by atoms with Gasteiger partial charge >= 0.3 is 0 Å². The highest BCUT2D eigenvalue weighted by Gasteiger charge is 2.19. The standard InChI is InChI=1S/C13H18N2O/c1-11(12-5-3-2-4-6-12)15-8-7-14-13(9-15)10-16/h2-6,13-14,16H,1,7-10H2. The fraction of sp³-hybridized carbons (Fsp3) is 0.385. The van der Waals surface area contributed by atoms with Crippen LogP contribution in [0.4, 0.5) is 0 Å². The van der Waals surface area contributed by atoms with E-state index in [2.05, 4.69) is 28.9 Å². The molecular weight excluding hydrogens is 200 g/mol. The molecule has 0 aliphatic carbocycles. The summed E-state index contributed by atoms with van der Waals surface area (Å²) in [7, 11) is 0. The molecule has 1 saturated heterocycles. The molecule has 0 bridgehead atoms. The number of nitrogens with zero attached hydrogens (tertiary/aromatic N) is 1. The fourth-order valence-corrected chi connectivity index (χ4v) is 2.01. The Hall–Kier alpha value is -1.32. The molecule has 1 heterocycles. The smallest absolute Gasteiger partial charge is 0.0601 e. The van der Waals surface area contributed by atoms with Crippen LogP contribution in [-0.4, -0.2) is 42.3 Å². The van der Waals surface area contributed by atoms with Crippen molar-refractivity contribution in [3.05, 3.63) is 42.5 Å². The first-order chi connectivity index (χ1) is 7.81. The molecule has 1 unspecified atom stereocenters. The molecular formula is C13H18N2O. The molecule has 0 aromatic heterocycles. The van der Waals surface area contributed by atoms with E-state index >= 15 is 0 Å². The number of aliphatic hydroxyl groups is 1. The van der Waals surface area contributed by atoms with Crippen molar-refractivity contribution < 1.29 is 5.11 Å². The van der Waals surface area contributed by atoms with E-state index in [1.54, 1.807) is 0 Å². The lowest BCUT2D eigenvalue weighted by Crippen LogP contribution is -2.51. The Morgan fingerprint density at radius 1 is 1.44 bits per heavy atom. The van der Waals surface area contributed by atoms with Crippen molar-refractivity contribution in [2.75, 3.05) is 26.2 Å². The van der Waals surface area contributed by atoms with E-state index in [-0.39, 0.29) is 12.6 Å². The molecule has 2 rings (SSSR count). The number of aliphatic hydroxyl groups excluding tert-OH is 1. The van der Waals surface area contributed by atoms with E-state index in [1.807, 2.05) is 18.2 Å². The van der Waals surface area contributed by atoms with Crippen molar-refractivity contribution in [2.24, 2.45) is 0 Å². The molecule has 0 saturated carbocycles. The van der Waals surface area contributed by atoms with E-state index in [4.69, 9.17) is 5.11 Å². The second kappa shape index (κ2) is 5.14. The van der Waals surface area contributed by atoms with Gasteiger partial charge in [0.2, 0.25) is 0 Å². The van der Waals surface area contributed by atoms with Crippen LogP contribution in [0.5, 0.6) is 0 Å². The molecule has 1 fully saturated rings. The normalized spacial score (nSPS) is 20.8. The monoisotopic (exact) mass is 218 g/mol. The number of nitrogens with one attached hydrogen (secondary N) is 1. The minimum atomic E-state index is 0.161. The van der Waals surface area contributed by atoms with E-state index in [1.165, 1.54) is 0 Å². The number of hydrogen-bond donors (Lipinski definition) is 2. The summed E-state index contributed by atoms with van der Waals surface area (Å²) in [6.45, 7) is 6.99. The Bertz CT molecular complexity index is 350. The van der Waals surface area contributed by atoms with E-state index in [9.17, 15) is 0 Å². The fourth-order valence-electron chi connectivity index (χ4n) is 2.01. The zero-order valence-electron chi connectivity index (χ0n) is 9.39. The molecule has 0 amide bonds. The van der Waals surface area contributed by atoms with Crippen LogP contribution in [0.1, 0.15) is 5.56 Å². The van der Waals surface area contributed by atoms with Crippen molar-refractivity contribution in [1.82, 2.24) is 10.2 Å². The highest BCUT2D eigenvalue weighted by molar-refractivity contribution is 5.61. The first-order valence-electron chi connectivity index (χ1n) is 5.65. The lowest BCUT2D eigenvalue weighted by atomic mass is 10.1. The van der Waals surface area contributed by atoms with E-state index < -0.39 is 0 Å². The average molecular weight is 218 g/mol. The largest absolute Gasteiger partial charge is 0.395 e. The minimum Gasteiger partial charge on any atom is -0.395 e. The maximum absolute atomic E-state index is 9.14.